The maximum Gasteiger partial charge on any atom is 0.226 e. The summed E-state index contributed by atoms with van der Waals surface area (Å²) in [4.78, 5) is 14.2. The lowest BCUT2D eigenvalue weighted by Crippen LogP contribution is -2.27. The average molecular weight is 299 g/mol. The Morgan fingerprint density at radius 2 is 2.27 bits per heavy atom. The number of fused-ring (bicyclic) bond motifs is 1. The van der Waals surface area contributed by atoms with Gasteiger partial charge in [-0.1, -0.05) is 29.4 Å². The summed E-state index contributed by atoms with van der Waals surface area (Å²) in [5, 5.41) is 6.53. The number of carbonyl (C=O) groups excluding carboxylic acids is 1. The van der Waals surface area contributed by atoms with E-state index in [1.165, 1.54) is 11.1 Å². The van der Waals surface area contributed by atoms with Crippen LogP contribution in [0.4, 0.5) is 5.82 Å². The fourth-order valence-electron chi connectivity index (χ4n) is 3.06. The molecule has 22 heavy (non-hydrogen) atoms. The minimum absolute atomic E-state index is 0.0357. The van der Waals surface area contributed by atoms with E-state index < -0.39 is 0 Å². The van der Waals surface area contributed by atoms with Gasteiger partial charge in [-0.3, -0.25) is 9.69 Å². The number of anilines is 1. The van der Waals surface area contributed by atoms with E-state index >= 15 is 0 Å². The normalized spacial score (nSPS) is 16.8. The van der Waals surface area contributed by atoms with Gasteiger partial charge in [-0.2, -0.15) is 0 Å². The molecule has 0 bridgehead atoms. The molecule has 1 heterocycles. The molecule has 0 saturated carbocycles. The van der Waals surface area contributed by atoms with E-state index in [0.717, 1.165) is 19.4 Å². The number of hydrogen-bond donors (Lipinski definition) is 1. The maximum absolute atomic E-state index is 12.0. The van der Waals surface area contributed by atoms with Crippen LogP contribution in [0.1, 0.15) is 35.8 Å². The van der Waals surface area contributed by atoms with Crippen molar-refractivity contribution in [2.45, 2.75) is 32.2 Å². The molecule has 5 nitrogen and oxygen atoms in total. The molecule has 0 radical (unpaired) electrons. The Bertz CT molecular complexity index is 665. The first-order valence-corrected chi connectivity index (χ1v) is 7.64. The molecule has 0 fully saturated rings. The van der Waals surface area contributed by atoms with Gasteiger partial charge < -0.3 is 9.84 Å². The highest BCUT2D eigenvalue weighted by atomic mass is 16.5. The van der Waals surface area contributed by atoms with Gasteiger partial charge in [-0.05, 0) is 37.9 Å². The van der Waals surface area contributed by atoms with Gasteiger partial charge in [0.25, 0.3) is 0 Å². The Hall–Kier alpha value is -2.14. The highest BCUT2D eigenvalue weighted by Crippen LogP contribution is 2.34. The molecule has 3 rings (SSSR count). The fraction of sp³-hybridized carbons (Fsp3) is 0.412. The second kappa shape index (κ2) is 6.32. The summed E-state index contributed by atoms with van der Waals surface area (Å²) in [6.07, 6.45) is 2.69. The summed E-state index contributed by atoms with van der Waals surface area (Å²) in [5.41, 5.74) is 2.83. The molecule has 116 valence electrons. The van der Waals surface area contributed by atoms with Crippen LogP contribution in [0.15, 0.2) is 34.9 Å². The number of aromatic nitrogens is 1. The summed E-state index contributed by atoms with van der Waals surface area (Å²) >= 11 is 0. The van der Waals surface area contributed by atoms with Gasteiger partial charge in [0.15, 0.2) is 5.82 Å². The number of carbonyl (C=O) groups is 1. The summed E-state index contributed by atoms with van der Waals surface area (Å²) in [6, 6.07) is 10.7. The smallest absolute Gasteiger partial charge is 0.226 e. The number of hydrogen-bond acceptors (Lipinski definition) is 4. The van der Waals surface area contributed by atoms with Crippen molar-refractivity contribution in [3.05, 3.63) is 47.2 Å². The molecule has 0 aliphatic heterocycles. The van der Waals surface area contributed by atoms with E-state index in [1.807, 2.05) is 0 Å². The lowest BCUT2D eigenvalue weighted by atomic mass is 10.1. The van der Waals surface area contributed by atoms with Gasteiger partial charge in [0.1, 0.15) is 5.76 Å². The first-order chi connectivity index (χ1) is 10.6. The topological polar surface area (TPSA) is 58.4 Å². The van der Waals surface area contributed by atoms with Crippen molar-refractivity contribution >= 4 is 11.7 Å². The monoisotopic (exact) mass is 299 g/mol. The zero-order chi connectivity index (χ0) is 15.5. The zero-order valence-corrected chi connectivity index (χ0v) is 13.0. The summed E-state index contributed by atoms with van der Waals surface area (Å²) in [6.45, 7) is 2.52. The van der Waals surface area contributed by atoms with E-state index in [2.05, 4.69) is 46.7 Å². The van der Waals surface area contributed by atoms with Gasteiger partial charge >= 0.3 is 0 Å². The van der Waals surface area contributed by atoms with Gasteiger partial charge in [-0.15, -0.1) is 0 Å². The van der Waals surface area contributed by atoms with Crippen molar-refractivity contribution in [2.75, 3.05) is 18.9 Å². The van der Waals surface area contributed by atoms with Gasteiger partial charge in [0.2, 0.25) is 5.91 Å². The van der Waals surface area contributed by atoms with Crippen molar-refractivity contribution in [1.29, 1.82) is 0 Å². The quantitative estimate of drug-likeness (QED) is 0.922. The predicted molar refractivity (Wildman–Crippen MR) is 84.6 cm³/mol. The van der Waals surface area contributed by atoms with E-state index in [-0.39, 0.29) is 5.91 Å². The summed E-state index contributed by atoms with van der Waals surface area (Å²) in [5.74, 6) is 1.14. The molecule has 1 aromatic carbocycles. The second-order valence-electron chi connectivity index (χ2n) is 5.85. The minimum Gasteiger partial charge on any atom is -0.360 e. The van der Waals surface area contributed by atoms with Crippen molar-refractivity contribution in [3.8, 4) is 0 Å². The van der Waals surface area contributed by atoms with Crippen LogP contribution in [0.25, 0.3) is 0 Å². The lowest BCUT2D eigenvalue weighted by molar-refractivity contribution is -0.116. The Labute approximate surface area is 130 Å². The highest BCUT2D eigenvalue weighted by Gasteiger charge is 2.25. The largest absolute Gasteiger partial charge is 0.360 e. The lowest BCUT2D eigenvalue weighted by Gasteiger charge is -2.24. The van der Waals surface area contributed by atoms with E-state index in [1.54, 1.807) is 13.0 Å². The molecule has 0 saturated heterocycles. The SMILES string of the molecule is Cc1cc(NC(=O)CCN(C)C2CCc3ccccc32)no1. The predicted octanol–water partition coefficient (Wildman–Crippen LogP) is 2.93. The Kier molecular flexibility index (Phi) is 4.24. The average Bonchev–Trinajstić information content (AvgIpc) is 3.11. The standard InChI is InChI=1S/C17H21N3O2/c1-12-11-16(19-22-12)18-17(21)9-10-20(2)15-8-7-13-5-3-4-6-14(13)15/h3-6,11,15H,7-10H2,1-2H3,(H,18,19,21). The van der Waals surface area contributed by atoms with E-state index in [0.29, 0.717) is 24.0 Å². The van der Waals surface area contributed by atoms with E-state index in [9.17, 15) is 4.79 Å². The van der Waals surface area contributed by atoms with E-state index in [4.69, 9.17) is 4.52 Å². The molecular weight excluding hydrogens is 278 g/mol. The number of amides is 1. The third kappa shape index (κ3) is 3.20. The molecule has 1 atom stereocenters. The van der Waals surface area contributed by atoms with Crippen LogP contribution < -0.4 is 5.32 Å². The number of rotatable bonds is 5. The van der Waals surface area contributed by atoms with Crippen LogP contribution in [0, 0.1) is 6.92 Å². The summed E-state index contributed by atoms with van der Waals surface area (Å²) in [7, 11) is 2.08. The van der Waals surface area contributed by atoms with Crippen molar-refractivity contribution in [3.63, 3.8) is 0 Å². The van der Waals surface area contributed by atoms with Crippen molar-refractivity contribution < 1.29 is 9.32 Å². The third-order valence-electron chi connectivity index (χ3n) is 4.22. The Morgan fingerprint density at radius 3 is 3.05 bits per heavy atom. The molecule has 1 N–H and O–H groups in total. The minimum atomic E-state index is -0.0357. The molecule has 1 unspecified atom stereocenters. The van der Waals surface area contributed by atoms with Crippen LogP contribution in [0.3, 0.4) is 0 Å². The van der Waals surface area contributed by atoms with Gasteiger partial charge in [0.05, 0.1) is 0 Å². The molecule has 1 aliphatic carbocycles. The molecule has 5 heteroatoms. The van der Waals surface area contributed by atoms with Crippen molar-refractivity contribution in [1.82, 2.24) is 10.1 Å². The zero-order valence-electron chi connectivity index (χ0n) is 13.0. The van der Waals surface area contributed by atoms with Gasteiger partial charge in [0, 0.05) is 25.1 Å². The second-order valence-corrected chi connectivity index (χ2v) is 5.85. The van der Waals surface area contributed by atoms with Crippen LogP contribution in [-0.2, 0) is 11.2 Å². The first kappa shape index (κ1) is 14.8. The van der Waals surface area contributed by atoms with Gasteiger partial charge in [-0.25, -0.2) is 0 Å². The molecule has 1 aromatic heterocycles. The number of aryl methyl sites for hydroxylation is 2. The molecule has 2 aromatic rings. The van der Waals surface area contributed by atoms with Crippen LogP contribution >= 0.6 is 0 Å². The van der Waals surface area contributed by atoms with Crippen LogP contribution in [-0.4, -0.2) is 29.6 Å². The first-order valence-electron chi connectivity index (χ1n) is 7.64. The maximum atomic E-state index is 12.0. The summed E-state index contributed by atoms with van der Waals surface area (Å²) < 4.78 is 4.94. The van der Waals surface area contributed by atoms with Crippen LogP contribution in [0.2, 0.25) is 0 Å². The third-order valence-corrected chi connectivity index (χ3v) is 4.22. The Balaban J connectivity index is 1.52. The van der Waals surface area contributed by atoms with Crippen LogP contribution in [0.5, 0.6) is 0 Å². The fourth-order valence-corrected chi connectivity index (χ4v) is 3.06. The van der Waals surface area contributed by atoms with Crippen molar-refractivity contribution in [2.24, 2.45) is 0 Å². The molecule has 0 spiro atoms. The number of nitrogens with zero attached hydrogens (tertiary/aromatic N) is 2. The highest BCUT2D eigenvalue weighted by molar-refractivity contribution is 5.89. The number of benzene rings is 1. The molecule has 1 aliphatic rings. The Morgan fingerprint density at radius 1 is 1.45 bits per heavy atom. The number of nitrogens with one attached hydrogen (secondary N) is 1. The molecular formula is C17H21N3O2. The molecule has 1 amide bonds.